The van der Waals surface area contributed by atoms with Crippen LogP contribution in [0.15, 0.2) is 78.9 Å². The third-order valence-electron chi connectivity index (χ3n) is 6.33. The second kappa shape index (κ2) is 13.6. The van der Waals surface area contributed by atoms with Gasteiger partial charge in [0.15, 0.2) is 0 Å². The van der Waals surface area contributed by atoms with Crippen LogP contribution in [0.5, 0.6) is 0 Å². The van der Waals surface area contributed by atoms with Crippen LogP contribution in [0.1, 0.15) is 31.4 Å². The smallest absolute Gasteiger partial charge is 0.244 e. The third kappa shape index (κ3) is 8.80. The Morgan fingerprint density at radius 1 is 0.949 bits per heavy atom. The van der Waals surface area contributed by atoms with E-state index in [1.165, 1.54) is 53.4 Å². The minimum Gasteiger partial charge on any atom is -0.352 e. The van der Waals surface area contributed by atoms with Crippen LogP contribution in [0.2, 0.25) is 5.02 Å². The van der Waals surface area contributed by atoms with Gasteiger partial charge in [-0.25, -0.2) is 12.8 Å². The van der Waals surface area contributed by atoms with Crippen LogP contribution in [0.25, 0.3) is 0 Å². The Morgan fingerprint density at radius 2 is 1.56 bits per heavy atom. The number of nitrogens with one attached hydrogen (secondary N) is 1. The summed E-state index contributed by atoms with van der Waals surface area (Å²) in [5.41, 5.74) is 1.69. The van der Waals surface area contributed by atoms with Gasteiger partial charge in [-0.15, -0.1) is 0 Å². The topological polar surface area (TPSA) is 86.8 Å². The fourth-order valence-corrected chi connectivity index (χ4v) is 4.98. The molecule has 0 saturated heterocycles. The van der Waals surface area contributed by atoms with Crippen LogP contribution in [0.3, 0.4) is 0 Å². The minimum absolute atomic E-state index is 0.0250. The molecule has 0 unspecified atom stereocenters. The van der Waals surface area contributed by atoms with Crippen molar-refractivity contribution in [3.05, 3.63) is 101 Å². The molecule has 0 bridgehead atoms. The average molecular weight is 574 g/mol. The van der Waals surface area contributed by atoms with Crippen LogP contribution in [0, 0.1) is 5.82 Å². The van der Waals surface area contributed by atoms with Gasteiger partial charge in [-0.1, -0.05) is 61.0 Å². The van der Waals surface area contributed by atoms with Gasteiger partial charge in [0, 0.05) is 24.0 Å². The van der Waals surface area contributed by atoms with Crippen molar-refractivity contribution in [3.63, 3.8) is 0 Å². The molecule has 0 aromatic heterocycles. The molecule has 0 spiro atoms. The molecule has 0 aliphatic carbocycles. The summed E-state index contributed by atoms with van der Waals surface area (Å²) in [7, 11) is -3.87. The van der Waals surface area contributed by atoms with Crippen LogP contribution >= 0.6 is 11.6 Å². The number of hydrogen-bond donors (Lipinski definition) is 1. The van der Waals surface area contributed by atoms with Crippen molar-refractivity contribution in [2.75, 3.05) is 17.1 Å². The number of sulfonamides is 1. The molecule has 1 N–H and O–H groups in total. The summed E-state index contributed by atoms with van der Waals surface area (Å²) in [5.74, 6) is -1.38. The molecule has 3 rings (SSSR count). The van der Waals surface area contributed by atoms with Gasteiger partial charge < -0.3 is 10.2 Å². The molecule has 3 aromatic carbocycles. The number of anilines is 1. The highest BCUT2D eigenvalue weighted by atomic mass is 35.5. The molecule has 0 aliphatic heterocycles. The summed E-state index contributed by atoms with van der Waals surface area (Å²) < 4.78 is 40.1. The maximum atomic E-state index is 13.9. The van der Waals surface area contributed by atoms with Crippen molar-refractivity contribution < 1.29 is 22.4 Å². The number of benzene rings is 3. The summed E-state index contributed by atoms with van der Waals surface area (Å²) in [4.78, 5) is 28.9. The Labute approximate surface area is 234 Å². The van der Waals surface area contributed by atoms with E-state index in [4.69, 9.17) is 11.6 Å². The molecule has 208 valence electrons. The summed E-state index contributed by atoms with van der Waals surface area (Å²) in [6.45, 7) is 3.25. The van der Waals surface area contributed by atoms with Gasteiger partial charge in [0.05, 0.1) is 11.9 Å². The third-order valence-corrected chi connectivity index (χ3v) is 7.72. The highest BCUT2D eigenvalue weighted by molar-refractivity contribution is 7.92. The molecule has 7 nitrogen and oxygen atoms in total. The monoisotopic (exact) mass is 573 g/mol. The number of hydrogen-bond acceptors (Lipinski definition) is 4. The summed E-state index contributed by atoms with van der Waals surface area (Å²) in [6.07, 6.45) is 1.90. The SMILES string of the molecule is CC[C@H](C)NC(=O)[C@H](Cc1ccccc1)N(Cc1ccc(F)cc1)C(=O)CN(c1ccc(Cl)cc1)S(C)(=O)=O. The highest BCUT2D eigenvalue weighted by Gasteiger charge is 2.33. The zero-order valence-corrected chi connectivity index (χ0v) is 23.8. The van der Waals surface area contributed by atoms with Crippen molar-refractivity contribution in [1.82, 2.24) is 10.2 Å². The van der Waals surface area contributed by atoms with Gasteiger partial charge in [-0.3, -0.25) is 13.9 Å². The van der Waals surface area contributed by atoms with Crippen molar-refractivity contribution in [2.24, 2.45) is 0 Å². The first-order valence-electron chi connectivity index (χ1n) is 12.6. The molecule has 0 aliphatic rings. The summed E-state index contributed by atoms with van der Waals surface area (Å²) in [6, 6.07) is 19.9. The minimum atomic E-state index is -3.87. The summed E-state index contributed by atoms with van der Waals surface area (Å²) in [5, 5.41) is 3.38. The lowest BCUT2D eigenvalue weighted by molar-refractivity contribution is -0.140. The van der Waals surface area contributed by atoms with Crippen molar-refractivity contribution in [2.45, 2.75) is 45.3 Å². The van der Waals surface area contributed by atoms with Gasteiger partial charge in [-0.05, 0) is 60.9 Å². The zero-order valence-electron chi connectivity index (χ0n) is 22.2. The van der Waals surface area contributed by atoms with E-state index < -0.39 is 34.3 Å². The molecule has 2 amide bonds. The second-order valence-electron chi connectivity index (χ2n) is 9.42. The van der Waals surface area contributed by atoms with Gasteiger partial charge in [0.25, 0.3) is 0 Å². The molecule has 0 radical (unpaired) electrons. The Hall–Kier alpha value is -3.43. The normalized spacial score (nSPS) is 12.8. The number of carbonyl (C=O) groups is 2. The first-order chi connectivity index (χ1) is 18.5. The van der Waals surface area contributed by atoms with E-state index in [1.54, 1.807) is 0 Å². The van der Waals surface area contributed by atoms with Crippen LogP contribution in [-0.4, -0.2) is 50.0 Å². The van der Waals surface area contributed by atoms with Gasteiger partial charge in [0.1, 0.15) is 18.4 Å². The summed E-state index contributed by atoms with van der Waals surface area (Å²) >= 11 is 5.98. The second-order valence-corrected chi connectivity index (χ2v) is 11.8. The molecule has 10 heteroatoms. The van der Waals surface area contributed by atoms with Crippen LogP contribution < -0.4 is 9.62 Å². The lowest BCUT2D eigenvalue weighted by Gasteiger charge is -2.34. The van der Waals surface area contributed by atoms with Gasteiger partial charge in [0.2, 0.25) is 21.8 Å². The first-order valence-corrected chi connectivity index (χ1v) is 14.8. The van der Waals surface area contributed by atoms with Gasteiger partial charge >= 0.3 is 0 Å². The van der Waals surface area contributed by atoms with E-state index in [9.17, 15) is 22.4 Å². The average Bonchev–Trinajstić information content (AvgIpc) is 2.90. The van der Waals surface area contributed by atoms with E-state index in [0.29, 0.717) is 17.0 Å². The Bertz CT molecular complexity index is 1350. The van der Waals surface area contributed by atoms with E-state index >= 15 is 0 Å². The molecule has 0 saturated carbocycles. The van der Waals surface area contributed by atoms with Crippen molar-refractivity contribution >= 4 is 39.1 Å². The predicted octanol–water partition coefficient (Wildman–Crippen LogP) is 4.80. The molecule has 2 atom stereocenters. The van der Waals surface area contributed by atoms with Gasteiger partial charge in [-0.2, -0.15) is 0 Å². The highest BCUT2D eigenvalue weighted by Crippen LogP contribution is 2.22. The fourth-order valence-electron chi connectivity index (χ4n) is 4.00. The Balaban J connectivity index is 2.04. The molecule has 0 fully saturated rings. The molecular formula is C29H33ClFN3O4S. The fraction of sp³-hybridized carbons (Fsp3) is 0.310. The Morgan fingerprint density at radius 3 is 2.13 bits per heavy atom. The van der Waals surface area contributed by atoms with Crippen LogP contribution in [0.4, 0.5) is 10.1 Å². The number of rotatable bonds is 12. The molecule has 39 heavy (non-hydrogen) atoms. The van der Waals surface area contributed by atoms with E-state index in [0.717, 1.165) is 16.1 Å². The number of halogens is 2. The number of nitrogens with zero attached hydrogens (tertiary/aromatic N) is 2. The first kappa shape index (κ1) is 30.1. The predicted molar refractivity (Wildman–Crippen MR) is 152 cm³/mol. The molecule has 3 aromatic rings. The Kier molecular flexibility index (Phi) is 10.5. The van der Waals surface area contributed by atoms with Crippen LogP contribution in [-0.2, 0) is 32.6 Å². The maximum absolute atomic E-state index is 13.9. The number of amides is 2. The quantitative estimate of drug-likeness (QED) is 0.337. The molecule has 0 heterocycles. The van der Waals surface area contributed by atoms with E-state index in [1.807, 2.05) is 44.2 Å². The zero-order chi connectivity index (χ0) is 28.6. The standard InChI is InChI=1S/C29H33ClFN3O4S/c1-4-21(2)32-29(36)27(18-22-8-6-5-7-9-22)33(19-23-10-14-25(31)15-11-23)28(35)20-34(39(3,37)38)26-16-12-24(30)13-17-26/h5-17,21,27H,4,18-20H2,1-3H3,(H,32,36)/t21-,27-/m0/s1. The van der Waals surface area contributed by atoms with Crippen molar-refractivity contribution in [1.29, 1.82) is 0 Å². The molecular weight excluding hydrogens is 541 g/mol. The maximum Gasteiger partial charge on any atom is 0.244 e. The lowest BCUT2D eigenvalue weighted by Crippen LogP contribution is -2.54. The van der Waals surface area contributed by atoms with Crippen molar-refractivity contribution in [3.8, 4) is 0 Å². The lowest BCUT2D eigenvalue weighted by atomic mass is 10.0. The van der Waals surface area contributed by atoms with E-state index in [-0.39, 0.29) is 30.6 Å². The largest absolute Gasteiger partial charge is 0.352 e. The van der Waals surface area contributed by atoms with E-state index in [2.05, 4.69) is 5.32 Å². The number of carbonyl (C=O) groups excluding carboxylic acids is 2.